The van der Waals surface area contributed by atoms with Gasteiger partial charge in [-0.1, -0.05) is 12.1 Å². The van der Waals surface area contributed by atoms with Crippen LogP contribution >= 0.6 is 11.8 Å². The predicted molar refractivity (Wildman–Crippen MR) is 126 cm³/mol. The number of carbonyl (C=O) groups excluding carboxylic acids is 3. The van der Waals surface area contributed by atoms with Gasteiger partial charge in [0.15, 0.2) is 0 Å². The summed E-state index contributed by atoms with van der Waals surface area (Å²) in [5.74, 6) is -5.18. The summed E-state index contributed by atoms with van der Waals surface area (Å²) in [5, 5.41) is 43.8. The molecule has 0 radical (unpaired) electrons. The van der Waals surface area contributed by atoms with Crippen LogP contribution in [0.15, 0.2) is 24.3 Å². The largest absolute Gasteiger partial charge is 0.508 e. The molecule has 3 amide bonds. The Bertz CT molecular complexity index is 897. The zero-order valence-electron chi connectivity index (χ0n) is 19.0. The number of aliphatic hydroxyl groups excluding tert-OH is 1. The van der Waals surface area contributed by atoms with E-state index in [1.807, 2.05) is 0 Å². The van der Waals surface area contributed by atoms with Gasteiger partial charge in [-0.2, -0.15) is 11.8 Å². The van der Waals surface area contributed by atoms with Crippen molar-refractivity contribution in [1.82, 2.24) is 16.0 Å². The number of rotatable bonds is 15. The fourth-order valence-electron chi connectivity index (χ4n) is 2.87. The maximum absolute atomic E-state index is 12.6. The van der Waals surface area contributed by atoms with Gasteiger partial charge < -0.3 is 42.1 Å². The van der Waals surface area contributed by atoms with E-state index in [1.54, 1.807) is 6.26 Å². The molecule has 0 bridgehead atoms. The lowest BCUT2D eigenvalue weighted by molar-refractivity contribution is -0.143. The van der Waals surface area contributed by atoms with E-state index in [-0.39, 0.29) is 18.6 Å². The molecule has 0 aliphatic carbocycles. The number of benzene rings is 1. The van der Waals surface area contributed by atoms with Crippen LogP contribution in [0.5, 0.6) is 5.75 Å². The predicted octanol–water partition coefficient (Wildman–Crippen LogP) is -1.98. The molecular weight excluding hydrogens is 484 g/mol. The average Bonchev–Trinajstić information content (AvgIpc) is 2.80. The molecule has 0 spiro atoms. The number of hydrogen-bond acceptors (Lipinski definition) is 9. The highest BCUT2D eigenvalue weighted by Crippen LogP contribution is 2.11. The van der Waals surface area contributed by atoms with Crippen molar-refractivity contribution in [3.05, 3.63) is 29.8 Å². The van der Waals surface area contributed by atoms with E-state index in [2.05, 4.69) is 16.0 Å². The number of nitrogens with one attached hydrogen (secondary N) is 3. The van der Waals surface area contributed by atoms with Crippen molar-refractivity contribution < 1.29 is 44.4 Å². The molecule has 0 saturated carbocycles. The van der Waals surface area contributed by atoms with Crippen molar-refractivity contribution in [2.45, 2.75) is 43.4 Å². The summed E-state index contributed by atoms with van der Waals surface area (Å²) >= 11 is 1.37. The molecular formula is C21H30N4O9S. The fraction of sp³-hybridized carbons (Fsp3) is 0.476. The quantitative estimate of drug-likeness (QED) is 0.128. The van der Waals surface area contributed by atoms with Crippen molar-refractivity contribution in [2.75, 3.05) is 18.6 Å². The zero-order chi connectivity index (χ0) is 26.5. The highest BCUT2D eigenvalue weighted by atomic mass is 32.2. The van der Waals surface area contributed by atoms with E-state index in [0.29, 0.717) is 11.3 Å². The second-order valence-electron chi connectivity index (χ2n) is 7.56. The second-order valence-corrected chi connectivity index (χ2v) is 8.55. The Balaban J connectivity index is 2.84. The van der Waals surface area contributed by atoms with E-state index in [4.69, 9.17) is 10.8 Å². The molecule has 0 fully saturated rings. The molecule has 13 nitrogen and oxygen atoms in total. The zero-order valence-corrected chi connectivity index (χ0v) is 19.8. The molecule has 14 heteroatoms. The van der Waals surface area contributed by atoms with Gasteiger partial charge in [0.1, 0.15) is 23.9 Å². The summed E-state index contributed by atoms with van der Waals surface area (Å²) < 4.78 is 0. The first-order chi connectivity index (χ1) is 16.5. The molecule has 9 N–H and O–H groups in total. The number of hydrogen-bond donors (Lipinski definition) is 8. The average molecular weight is 515 g/mol. The van der Waals surface area contributed by atoms with Crippen LogP contribution in [-0.4, -0.2) is 92.9 Å². The van der Waals surface area contributed by atoms with Gasteiger partial charge in [-0.05, 0) is 42.5 Å². The summed E-state index contributed by atoms with van der Waals surface area (Å²) in [7, 11) is 0. The van der Waals surface area contributed by atoms with Crippen LogP contribution in [0.4, 0.5) is 0 Å². The third-order valence-corrected chi connectivity index (χ3v) is 5.43. The standard InChI is InChI=1S/C21H30N4O9S/c1-35-7-6-14(21(33)34)23-20(32)16(10-26)25-19(31)15(9-17(28)29)24-18(30)13(22)8-11-2-4-12(27)5-3-11/h2-5,13-16,26-27H,6-10,22H2,1H3,(H,23,32)(H,24,30)(H,25,31)(H,28,29)(H,33,34). The van der Waals surface area contributed by atoms with Crippen molar-refractivity contribution in [1.29, 1.82) is 0 Å². The van der Waals surface area contributed by atoms with E-state index in [9.17, 15) is 39.3 Å². The number of phenols is 1. The number of aliphatic carboxylic acids is 2. The highest BCUT2D eigenvalue weighted by Gasteiger charge is 2.31. The lowest BCUT2D eigenvalue weighted by atomic mass is 10.0. The fourth-order valence-corrected chi connectivity index (χ4v) is 3.34. The smallest absolute Gasteiger partial charge is 0.326 e. The summed E-state index contributed by atoms with van der Waals surface area (Å²) in [6.45, 7) is -0.902. The van der Waals surface area contributed by atoms with Gasteiger partial charge in [-0.15, -0.1) is 0 Å². The maximum atomic E-state index is 12.6. The van der Waals surface area contributed by atoms with Crippen molar-refractivity contribution in [3.63, 3.8) is 0 Å². The van der Waals surface area contributed by atoms with Gasteiger partial charge in [0, 0.05) is 0 Å². The monoisotopic (exact) mass is 514 g/mol. The second kappa shape index (κ2) is 14.8. The molecule has 0 heterocycles. The lowest BCUT2D eigenvalue weighted by Crippen LogP contribution is -2.58. The van der Waals surface area contributed by atoms with E-state index < -0.39 is 66.9 Å². The normalized spacial score (nSPS) is 14.1. The Labute approximate surface area is 205 Å². The van der Waals surface area contributed by atoms with Crippen LogP contribution < -0.4 is 21.7 Å². The summed E-state index contributed by atoms with van der Waals surface area (Å²) in [5.41, 5.74) is 6.46. The van der Waals surface area contributed by atoms with Gasteiger partial charge in [0.2, 0.25) is 17.7 Å². The topological polar surface area (TPSA) is 228 Å². The van der Waals surface area contributed by atoms with Crippen LogP contribution in [0.3, 0.4) is 0 Å². The Kier molecular flexibility index (Phi) is 12.6. The molecule has 4 atom stereocenters. The van der Waals surface area contributed by atoms with Gasteiger partial charge in [0.05, 0.1) is 19.1 Å². The number of thioether (sulfide) groups is 1. The number of carboxylic acids is 2. The molecule has 194 valence electrons. The van der Waals surface area contributed by atoms with Crippen LogP contribution in [0.2, 0.25) is 0 Å². The number of carboxylic acid groups (broad SMARTS) is 2. The minimum atomic E-state index is -1.63. The molecule has 35 heavy (non-hydrogen) atoms. The van der Waals surface area contributed by atoms with Crippen molar-refractivity contribution in [2.24, 2.45) is 5.73 Å². The first-order valence-electron chi connectivity index (χ1n) is 10.5. The Morgan fingerprint density at radius 3 is 1.97 bits per heavy atom. The number of phenolic OH excluding ortho intramolecular Hbond substituents is 1. The number of aliphatic hydroxyl groups is 1. The van der Waals surface area contributed by atoms with Crippen LogP contribution in [0.25, 0.3) is 0 Å². The van der Waals surface area contributed by atoms with Crippen molar-refractivity contribution in [3.8, 4) is 5.75 Å². The number of amides is 3. The molecule has 0 saturated heterocycles. The molecule has 0 aliphatic heterocycles. The van der Waals surface area contributed by atoms with Gasteiger partial charge in [-0.25, -0.2) is 4.79 Å². The lowest BCUT2D eigenvalue weighted by Gasteiger charge is -2.23. The highest BCUT2D eigenvalue weighted by molar-refractivity contribution is 7.98. The Hall–Kier alpha value is -3.36. The van der Waals surface area contributed by atoms with Crippen LogP contribution in [0.1, 0.15) is 18.4 Å². The maximum Gasteiger partial charge on any atom is 0.326 e. The molecule has 1 rings (SSSR count). The summed E-state index contributed by atoms with van der Waals surface area (Å²) in [6, 6.07) is 0.252. The first kappa shape index (κ1) is 29.7. The Morgan fingerprint density at radius 1 is 0.914 bits per heavy atom. The van der Waals surface area contributed by atoms with Crippen LogP contribution in [0, 0.1) is 0 Å². The van der Waals surface area contributed by atoms with E-state index in [0.717, 1.165) is 0 Å². The Morgan fingerprint density at radius 2 is 1.46 bits per heavy atom. The summed E-state index contributed by atoms with van der Waals surface area (Å²) in [4.78, 5) is 60.0. The number of carbonyl (C=O) groups is 5. The molecule has 0 aliphatic rings. The molecule has 4 unspecified atom stereocenters. The van der Waals surface area contributed by atoms with Crippen LogP contribution in [-0.2, 0) is 30.4 Å². The third-order valence-electron chi connectivity index (χ3n) is 4.78. The minimum absolute atomic E-state index is 0.0198. The molecule has 1 aromatic rings. The molecule has 0 aromatic heterocycles. The first-order valence-corrected chi connectivity index (χ1v) is 11.9. The van der Waals surface area contributed by atoms with Gasteiger partial charge in [0.25, 0.3) is 0 Å². The SMILES string of the molecule is CSCCC(NC(=O)C(CO)NC(=O)C(CC(=O)O)NC(=O)C(N)Cc1ccc(O)cc1)C(=O)O. The van der Waals surface area contributed by atoms with E-state index >= 15 is 0 Å². The molecule has 1 aromatic carbocycles. The number of aromatic hydroxyl groups is 1. The summed E-state index contributed by atoms with van der Waals surface area (Å²) in [6.07, 6.45) is 1.05. The minimum Gasteiger partial charge on any atom is -0.508 e. The van der Waals surface area contributed by atoms with Gasteiger partial charge >= 0.3 is 11.9 Å². The van der Waals surface area contributed by atoms with Gasteiger partial charge in [-0.3, -0.25) is 19.2 Å². The number of nitrogens with two attached hydrogens (primary N) is 1. The van der Waals surface area contributed by atoms with Crippen molar-refractivity contribution >= 4 is 41.4 Å². The third kappa shape index (κ3) is 10.6. The van der Waals surface area contributed by atoms with E-state index in [1.165, 1.54) is 36.0 Å².